The van der Waals surface area contributed by atoms with Gasteiger partial charge in [0.15, 0.2) is 0 Å². The lowest BCUT2D eigenvalue weighted by Crippen LogP contribution is -2.62. The molecular formula is C15H17F6NO5. The Labute approximate surface area is 149 Å². The van der Waals surface area contributed by atoms with Crippen LogP contribution in [0.15, 0.2) is 0 Å². The van der Waals surface area contributed by atoms with Crippen LogP contribution in [-0.4, -0.2) is 46.1 Å². The van der Waals surface area contributed by atoms with Gasteiger partial charge in [0.2, 0.25) is 0 Å². The molecule has 1 N–H and O–H groups in total. The highest BCUT2D eigenvalue weighted by Crippen LogP contribution is 2.61. The third-order valence-electron chi connectivity index (χ3n) is 5.92. The molecule has 0 heterocycles. The molecule has 0 saturated heterocycles. The molecule has 0 aromatic carbocycles. The van der Waals surface area contributed by atoms with E-state index >= 15 is 0 Å². The molecule has 4 bridgehead atoms. The zero-order valence-corrected chi connectivity index (χ0v) is 13.9. The fraction of sp³-hybridized carbons (Fsp3) is 0.933. The van der Waals surface area contributed by atoms with E-state index in [1.54, 1.807) is 0 Å². The van der Waals surface area contributed by atoms with Crippen LogP contribution in [0.5, 0.6) is 0 Å². The second-order valence-electron chi connectivity index (χ2n) is 8.21. The molecule has 0 aliphatic heterocycles. The summed E-state index contributed by atoms with van der Waals surface area (Å²) in [5.74, 6) is -15.5. The van der Waals surface area contributed by atoms with E-state index < -0.39 is 46.4 Å². The van der Waals surface area contributed by atoms with Crippen molar-refractivity contribution in [1.82, 2.24) is 0 Å². The zero-order chi connectivity index (χ0) is 20.5. The van der Waals surface area contributed by atoms with Crippen molar-refractivity contribution in [2.24, 2.45) is 17.3 Å². The fourth-order valence-corrected chi connectivity index (χ4v) is 5.31. The number of aliphatic hydroxyl groups is 1. The predicted octanol–water partition coefficient (Wildman–Crippen LogP) is 3.00. The summed E-state index contributed by atoms with van der Waals surface area (Å²) in [6.45, 7) is -0.739. The number of halogens is 6. The minimum Gasteiger partial charge on any atom is -0.460 e. The summed E-state index contributed by atoms with van der Waals surface area (Å²) in [4.78, 5) is 18.6. The van der Waals surface area contributed by atoms with Gasteiger partial charge in [-0.25, -0.2) is 4.79 Å². The van der Waals surface area contributed by atoms with E-state index in [0.717, 1.165) is 6.42 Å². The molecule has 2 atom stereocenters. The number of nitro groups is 1. The quantitative estimate of drug-likeness (QED) is 0.241. The van der Waals surface area contributed by atoms with Crippen LogP contribution in [0.1, 0.15) is 38.5 Å². The molecule has 27 heavy (non-hydrogen) atoms. The molecule has 0 amide bonds. The molecule has 6 nitrogen and oxygen atoms in total. The van der Waals surface area contributed by atoms with Gasteiger partial charge in [-0.3, -0.25) is 10.1 Å². The van der Waals surface area contributed by atoms with Crippen molar-refractivity contribution in [2.45, 2.75) is 62.0 Å². The number of ether oxygens (including phenoxy) is 1. The number of nitrogens with zero attached hydrogens (tertiary/aromatic N) is 1. The molecule has 0 aromatic heterocycles. The standard InChI is InChI=1S/C15H17F6NO5/c16-13(17,14(18,19)15(20,21)22(25)26)10(23)27-7-11-2-8-1-9(3-11)5-12(24,4-8)6-11/h8-9,24H,1-7H2. The van der Waals surface area contributed by atoms with Gasteiger partial charge in [0.25, 0.3) is 0 Å². The summed E-state index contributed by atoms with van der Waals surface area (Å²) < 4.78 is 84.0. The smallest absolute Gasteiger partial charge is 0.460 e. The van der Waals surface area contributed by atoms with Crippen molar-refractivity contribution >= 4 is 5.97 Å². The van der Waals surface area contributed by atoms with Gasteiger partial charge in [0, 0.05) is 5.41 Å². The number of rotatable bonds is 6. The second-order valence-corrected chi connectivity index (χ2v) is 8.21. The van der Waals surface area contributed by atoms with Crippen LogP contribution in [0.2, 0.25) is 0 Å². The Balaban J connectivity index is 1.73. The Morgan fingerprint density at radius 3 is 2.07 bits per heavy atom. The van der Waals surface area contributed by atoms with Crippen LogP contribution < -0.4 is 0 Å². The molecular weight excluding hydrogens is 388 g/mol. The highest BCUT2D eigenvalue weighted by molar-refractivity contribution is 5.79. The first-order valence-corrected chi connectivity index (χ1v) is 8.32. The Morgan fingerprint density at radius 1 is 1.11 bits per heavy atom. The first-order chi connectivity index (χ1) is 12.1. The summed E-state index contributed by atoms with van der Waals surface area (Å²) >= 11 is 0. The largest absolute Gasteiger partial charge is 0.583 e. The summed E-state index contributed by atoms with van der Waals surface area (Å²) in [7, 11) is 0. The van der Waals surface area contributed by atoms with Gasteiger partial charge in [-0.05, 0) is 50.4 Å². The molecule has 0 aromatic rings. The average molecular weight is 405 g/mol. The summed E-state index contributed by atoms with van der Waals surface area (Å²) in [5, 5.41) is 20.5. The SMILES string of the molecule is O=C(OCC12CC3CC(CC(O)(C3)C1)C2)C(F)(F)C(F)(F)C(F)(F)[N+](=O)[O-]. The van der Waals surface area contributed by atoms with Gasteiger partial charge in [-0.15, -0.1) is 8.78 Å². The van der Waals surface area contributed by atoms with Gasteiger partial charge in [0.05, 0.1) is 12.2 Å². The van der Waals surface area contributed by atoms with Gasteiger partial charge < -0.3 is 9.84 Å². The minimum absolute atomic E-state index is 0.0794. The third kappa shape index (κ3) is 2.95. The minimum atomic E-state index is -6.57. The zero-order valence-electron chi connectivity index (χ0n) is 13.9. The molecule has 4 saturated carbocycles. The number of alkyl halides is 6. The average Bonchev–Trinajstić information content (AvgIpc) is 2.49. The number of carbonyl (C=O) groups excluding carboxylic acids is 1. The maximum atomic E-state index is 13.6. The van der Waals surface area contributed by atoms with Crippen molar-refractivity contribution in [3.05, 3.63) is 10.1 Å². The lowest BCUT2D eigenvalue weighted by atomic mass is 9.48. The Kier molecular flexibility index (Phi) is 4.26. The highest BCUT2D eigenvalue weighted by atomic mass is 19.3. The molecule has 2 unspecified atom stereocenters. The molecule has 4 fully saturated rings. The molecule has 12 heteroatoms. The molecule has 4 aliphatic rings. The van der Waals surface area contributed by atoms with Crippen molar-refractivity contribution in [3.63, 3.8) is 0 Å². The number of esters is 1. The third-order valence-corrected chi connectivity index (χ3v) is 5.92. The number of hydrogen-bond acceptors (Lipinski definition) is 5. The summed E-state index contributed by atoms with van der Waals surface area (Å²) in [5.41, 5.74) is -1.92. The number of carbonyl (C=O) groups is 1. The normalized spacial score (nSPS) is 36.0. The maximum absolute atomic E-state index is 13.6. The van der Waals surface area contributed by atoms with Crippen LogP contribution in [0.3, 0.4) is 0 Å². The molecule has 4 aliphatic carbocycles. The monoisotopic (exact) mass is 405 g/mol. The van der Waals surface area contributed by atoms with Crippen LogP contribution in [-0.2, 0) is 9.53 Å². The van der Waals surface area contributed by atoms with E-state index in [1.165, 1.54) is 0 Å². The summed E-state index contributed by atoms with van der Waals surface area (Å²) in [6.07, 6.45) is 2.86. The van der Waals surface area contributed by atoms with Gasteiger partial charge >= 0.3 is 23.9 Å². The topological polar surface area (TPSA) is 89.7 Å². The molecule has 0 spiro atoms. The van der Waals surface area contributed by atoms with E-state index in [4.69, 9.17) is 0 Å². The van der Waals surface area contributed by atoms with E-state index in [0.29, 0.717) is 25.7 Å². The Morgan fingerprint density at radius 2 is 1.63 bits per heavy atom. The van der Waals surface area contributed by atoms with Gasteiger partial charge in [-0.2, -0.15) is 17.6 Å². The molecule has 4 rings (SSSR count). The Bertz CT molecular complexity index is 655. The van der Waals surface area contributed by atoms with Crippen LogP contribution in [0.25, 0.3) is 0 Å². The van der Waals surface area contributed by atoms with E-state index in [1.807, 2.05) is 0 Å². The van der Waals surface area contributed by atoms with Crippen LogP contribution >= 0.6 is 0 Å². The van der Waals surface area contributed by atoms with Crippen molar-refractivity contribution < 1.29 is 45.9 Å². The van der Waals surface area contributed by atoms with E-state index in [-0.39, 0.29) is 18.3 Å². The van der Waals surface area contributed by atoms with Crippen LogP contribution in [0.4, 0.5) is 26.3 Å². The van der Waals surface area contributed by atoms with Crippen molar-refractivity contribution in [2.75, 3.05) is 6.61 Å². The van der Waals surface area contributed by atoms with E-state index in [9.17, 15) is 46.4 Å². The highest BCUT2D eigenvalue weighted by Gasteiger charge is 2.84. The number of hydrogen-bond donors (Lipinski definition) is 1. The first-order valence-electron chi connectivity index (χ1n) is 8.32. The predicted molar refractivity (Wildman–Crippen MR) is 74.9 cm³/mol. The van der Waals surface area contributed by atoms with Crippen LogP contribution in [0, 0.1) is 27.4 Å². The second kappa shape index (κ2) is 5.71. The maximum Gasteiger partial charge on any atom is 0.583 e. The van der Waals surface area contributed by atoms with E-state index in [2.05, 4.69) is 4.74 Å². The lowest BCUT2D eigenvalue weighted by Gasteiger charge is -2.59. The summed E-state index contributed by atoms with van der Waals surface area (Å²) in [6, 6.07) is -6.36. The molecule has 154 valence electrons. The van der Waals surface area contributed by atoms with Crippen molar-refractivity contribution in [1.29, 1.82) is 0 Å². The lowest BCUT2D eigenvalue weighted by molar-refractivity contribution is -0.682. The van der Waals surface area contributed by atoms with Gasteiger partial charge in [0.1, 0.15) is 4.92 Å². The Hall–Kier alpha value is -1.59. The first kappa shape index (κ1) is 20.2. The fourth-order valence-electron chi connectivity index (χ4n) is 5.31. The van der Waals surface area contributed by atoms with Gasteiger partial charge in [-0.1, -0.05) is 0 Å². The molecule has 0 radical (unpaired) electrons. The van der Waals surface area contributed by atoms with Crippen molar-refractivity contribution in [3.8, 4) is 0 Å².